The summed E-state index contributed by atoms with van der Waals surface area (Å²) in [5.41, 5.74) is 3.10. The number of hydrogen-bond acceptors (Lipinski definition) is 4. The molecule has 6 nitrogen and oxygen atoms in total. The minimum atomic E-state index is -3.59. The molecule has 0 aromatic heterocycles. The molecule has 3 rings (SSSR count). The highest BCUT2D eigenvalue weighted by Crippen LogP contribution is 2.25. The number of amides is 1. The lowest BCUT2D eigenvalue weighted by Crippen LogP contribution is -2.37. The highest BCUT2D eigenvalue weighted by molar-refractivity contribution is 7.92. The molecule has 7 heteroatoms. The fraction of sp³-hybridized carbons (Fsp3) is 0.381. The maximum Gasteiger partial charge on any atom is 0.245 e. The summed E-state index contributed by atoms with van der Waals surface area (Å²) in [6.45, 7) is 5.90. The fourth-order valence-electron chi connectivity index (χ4n) is 3.48. The number of anilines is 3. The van der Waals surface area contributed by atoms with Crippen molar-refractivity contribution in [3.8, 4) is 0 Å². The van der Waals surface area contributed by atoms with Gasteiger partial charge in [0.05, 0.1) is 11.9 Å². The van der Waals surface area contributed by atoms with E-state index >= 15 is 0 Å². The molecule has 1 aliphatic rings. The van der Waals surface area contributed by atoms with Crippen molar-refractivity contribution in [2.45, 2.75) is 20.3 Å². The molecule has 1 unspecified atom stereocenters. The first-order chi connectivity index (χ1) is 13.2. The Hall–Kier alpha value is -2.54. The van der Waals surface area contributed by atoms with Crippen LogP contribution in [0.15, 0.2) is 48.5 Å². The first-order valence-corrected chi connectivity index (χ1v) is 11.3. The van der Waals surface area contributed by atoms with E-state index in [-0.39, 0.29) is 12.5 Å². The number of hydrogen-bond donors (Lipinski definition) is 1. The molecule has 1 N–H and O–H groups in total. The van der Waals surface area contributed by atoms with E-state index in [0.717, 1.165) is 34.9 Å². The van der Waals surface area contributed by atoms with E-state index in [9.17, 15) is 13.2 Å². The van der Waals surface area contributed by atoms with Crippen LogP contribution in [-0.4, -0.2) is 40.2 Å². The Labute approximate surface area is 167 Å². The van der Waals surface area contributed by atoms with Gasteiger partial charge in [-0.15, -0.1) is 0 Å². The summed E-state index contributed by atoms with van der Waals surface area (Å²) in [7, 11) is -3.59. The molecule has 0 saturated carbocycles. The Morgan fingerprint density at radius 1 is 1.18 bits per heavy atom. The molecule has 1 amide bonds. The summed E-state index contributed by atoms with van der Waals surface area (Å²) in [4.78, 5) is 14.8. The zero-order valence-corrected chi connectivity index (χ0v) is 17.4. The van der Waals surface area contributed by atoms with Gasteiger partial charge in [0.25, 0.3) is 0 Å². The number of aryl methyl sites for hydroxylation is 1. The highest BCUT2D eigenvalue weighted by Gasteiger charge is 2.22. The van der Waals surface area contributed by atoms with Gasteiger partial charge in [-0.05, 0) is 55.2 Å². The van der Waals surface area contributed by atoms with Gasteiger partial charge < -0.3 is 10.2 Å². The minimum absolute atomic E-state index is 0.269. The van der Waals surface area contributed by atoms with E-state index < -0.39 is 10.0 Å². The smallest absolute Gasteiger partial charge is 0.245 e. The van der Waals surface area contributed by atoms with Gasteiger partial charge in [0.2, 0.25) is 15.9 Å². The molecule has 1 fully saturated rings. The van der Waals surface area contributed by atoms with Gasteiger partial charge in [0, 0.05) is 24.5 Å². The van der Waals surface area contributed by atoms with Crippen molar-refractivity contribution < 1.29 is 13.2 Å². The van der Waals surface area contributed by atoms with Crippen molar-refractivity contribution in [2.24, 2.45) is 5.92 Å². The molecule has 2 aromatic rings. The lowest BCUT2D eigenvalue weighted by Gasteiger charge is -2.23. The maximum absolute atomic E-state index is 12.5. The Balaban J connectivity index is 1.69. The third-order valence-electron chi connectivity index (χ3n) is 5.01. The van der Waals surface area contributed by atoms with Crippen LogP contribution >= 0.6 is 0 Å². The van der Waals surface area contributed by atoms with Crippen molar-refractivity contribution in [1.82, 2.24) is 0 Å². The highest BCUT2D eigenvalue weighted by atomic mass is 32.2. The number of nitrogens with one attached hydrogen (secondary N) is 1. The second-order valence-electron chi connectivity index (χ2n) is 7.49. The molecule has 1 heterocycles. The first-order valence-electron chi connectivity index (χ1n) is 9.42. The second kappa shape index (κ2) is 8.22. The van der Waals surface area contributed by atoms with Crippen molar-refractivity contribution >= 4 is 33.0 Å². The van der Waals surface area contributed by atoms with E-state index in [1.54, 1.807) is 12.1 Å². The molecule has 1 aliphatic heterocycles. The lowest BCUT2D eigenvalue weighted by molar-refractivity contribution is -0.114. The normalized spacial score (nSPS) is 16.8. The van der Waals surface area contributed by atoms with Crippen molar-refractivity contribution in [1.29, 1.82) is 0 Å². The van der Waals surface area contributed by atoms with Crippen LogP contribution in [0.2, 0.25) is 0 Å². The van der Waals surface area contributed by atoms with Crippen molar-refractivity contribution in [3.05, 3.63) is 54.1 Å². The Bertz CT molecular complexity index is 942. The molecule has 1 saturated heterocycles. The van der Waals surface area contributed by atoms with Gasteiger partial charge in [0.15, 0.2) is 0 Å². The van der Waals surface area contributed by atoms with Crippen LogP contribution in [0.25, 0.3) is 0 Å². The van der Waals surface area contributed by atoms with Crippen LogP contribution in [-0.2, 0) is 14.8 Å². The van der Waals surface area contributed by atoms with E-state index in [4.69, 9.17) is 0 Å². The van der Waals surface area contributed by atoms with Crippen LogP contribution in [0.5, 0.6) is 0 Å². The number of carbonyl (C=O) groups is 1. The summed E-state index contributed by atoms with van der Waals surface area (Å²) in [5, 5.41) is 2.80. The number of carbonyl (C=O) groups excluding carboxylic acids is 1. The molecule has 0 radical (unpaired) electrons. The third kappa shape index (κ3) is 4.84. The molecular formula is C21H27N3O3S. The number of rotatable bonds is 6. The van der Waals surface area contributed by atoms with Gasteiger partial charge >= 0.3 is 0 Å². The Kier molecular flexibility index (Phi) is 5.93. The van der Waals surface area contributed by atoms with E-state index in [0.29, 0.717) is 17.3 Å². The van der Waals surface area contributed by atoms with Gasteiger partial charge in [0.1, 0.15) is 6.54 Å². The molecule has 2 aromatic carbocycles. The molecule has 150 valence electrons. The lowest BCUT2D eigenvalue weighted by atomic mass is 10.2. The van der Waals surface area contributed by atoms with Crippen LogP contribution in [0, 0.1) is 12.8 Å². The van der Waals surface area contributed by atoms with Gasteiger partial charge in [-0.25, -0.2) is 8.42 Å². The van der Waals surface area contributed by atoms with Crippen molar-refractivity contribution in [3.63, 3.8) is 0 Å². The molecule has 0 aliphatic carbocycles. The predicted molar refractivity (Wildman–Crippen MR) is 114 cm³/mol. The number of benzene rings is 2. The number of nitrogens with zero attached hydrogens (tertiary/aromatic N) is 2. The standard InChI is InChI=1S/C21H27N3O3S/c1-16-12-13-23(14-16)19-10-8-18(9-11-19)22-21(25)15-24(28(3,26)27)20-7-5-4-6-17(20)2/h4-11,16H,12-15H2,1-3H3,(H,22,25). The summed E-state index contributed by atoms with van der Waals surface area (Å²) in [5.74, 6) is 0.319. The van der Waals surface area contributed by atoms with Crippen LogP contribution < -0.4 is 14.5 Å². The zero-order chi connectivity index (χ0) is 20.3. The molecule has 0 spiro atoms. The topological polar surface area (TPSA) is 69.7 Å². The Morgan fingerprint density at radius 2 is 1.86 bits per heavy atom. The van der Waals surface area contributed by atoms with E-state index in [1.807, 2.05) is 43.3 Å². The number of para-hydroxylation sites is 1. The maximum atomic E-state index is 12.5. The molecule has 0 bridgehead atoms. The average molecular weight is 402 g/mol. The van der Waals surface area contributed by atoms with E-state index in [2.05, 4.69) is 17.1 Å². The van der Waals surface area contributed by atoms with E-state index in [1.165, 1.54) is 6.42 Å². The third-order valence-corrected chi connectivity index (χ3v) is 6.14. The van der Waals surface area contributed by atoms with Gasteiger partial charge in [-0.3, -0.25) is 9.10 Å². The minimum Gasteiger partial charge on any atom is -0.371 e. The second-order valence-corrected chi connectivity index (χ2v) is 9.40. The Morgan fingerprint density at radius 3 is 2.43 bits per heavy atom. The SMILES string of the molecule is Cc1ccccc1N(CC(=O)Nc1ccc(N2CCC(C)C2)cc1)S(C)(=O)=O. The molecule has 1 atom stereocenters. The summed E-state index contributed by atoms with van der Waals surface area (Å²) in [6.07, 6.45) is 2.30. The molecule has 28 heavy (non-hydrogen) atoms. The zero-order valence-electron chi connectivity index (χ0n) is 16.6. The van der Waals surface area contributed by atoms with Crippen LogP contribution in [0.3, 0.4) is 0 Å². The number of sulfonamides is 1. The average Bonchev–Trinajstić information content (AvgIpc) is 3.07. The quantitative estimate of drug-likeness (QED) is 0.807. The van der Waals surface area contributed by atoms with Gasteiger partial charge in [-0.2, -0.15) is 0 Å². The predicted octanol–water partition coefficient (Wildman–Crippen LogP) is 3.25. The van der Waals surface area contributed by atoms with Crippen LogP contribution in [0.4, 0.5) is 17.1 Å². The van der Waals surface area contributed by atoms with Crippen molar-refractivity contribution in [2.75, 3.05) is 40.4 Å². The fourth-order valence-corrected chi connectivity index (χ4v) is 4.39. The summed E-state index contributed by atoms with van der Waals surface area (Å²) < 4.78 is 25.6. The summed E-state index contributed by atoms with van der Waals surface area (Å²) in [6, 6.07) is 14.8. The first kappa shape index (κ1) is 20.2. The molecular weight excluding hydrogens is 374 g/mol. The monoisotopic (exact) mass is 401 g/mol. The van der Waals surface area contributed by atoms with Gasteiger partial charge in [-0.1, -0.05) is 25.1 Å². The largest absolute Gasteiger partial charge is 0.371 e. The summed E-state index contributed by atoms with van der Waals surface area (Å²) >= 11 is 0. The van der Waals surface area contributed by atoms with Crippen LogP contribution in [0.1, 0.15) is 18.9 Å².